The number of nitrogens with one attached hydrogen (secondary N) is 2. The lowest BCUT2D eigenvalue weighted by atomic mass is 10.1. The number of hydrogen-bond acceptors (Lipinski definition) is 3. The van der Waals surface area contributed by atoms with Gasteiger partial charge in [-0.3, -0.25) is 4.79 Å². The van der Waals surface area contributed by atoms with Crippen LogP contribution in [0.25, 0.3) is 0 Å². The van der Waals surface area contributed by atoms with Gasteiger partial charge in [0.25, 0.3) is 0 Å². The van der Waals surface area contributed by atoms with Crippen LogP contribution in [0, 0.1) is 17.2 Å². The molecular weight excluding hydrogens is 178 g/mol. The first kappa shape index (κ1) is 12.9. The summed E-state index contributed by atoms with van der Waals surface area (Å²) in [5.41, 5.74) is 0. The minimum atomic E-state index is -0.0484. The number of amides is 1. The quantitative estimate of drug-likeness (QED) is 0.657. The molecule has 0 fully saturated rings. The van der Waals surface area contributed by atoms with Gasteiger partial charge in [0, 0.05) is 18.5 Å². The first-order valence-electron chi connectivity index (χ1n) is 4.97. The molecule has 0 spiro atoms. The molecule has 2 atom stereocenters. The maximum absolute atomic E-state index is 11.5. The van der Waals surface area contributed by atoms with Crippen LogP contribution < -0.4 is 10.6 Å². The van der Waals surface area contributed by atoms with Crippen molar-refractivity contribution in [2.75, 3.05) is 13.6 Å². The number of nitriles is 1. The van der Waals surface area contributed by atoms with Gasteiger partial charge in [-0.1, -0.05) is 13.8 Å². The Morgan fingerprint density at radius 1 is 1.57 bits per heavy atom. The third kappa shape index (κ3) is 4.83. The van der Waals surface area contributed by atoms with E-state index in [-0.39, 0.29) is 17.9 Å². The van der Waals surface area contributed by atoms with E-state index in [0.717, 1.165) is 6.42 Å². The van der Waals surface area contributed by atoms with Gasteiger partial charge in [0.2, 0.25) is 5.91 Å². The molecule has 0 saturated heterocycles. The second kappa shape index (κ2) is 7.34. The molecule has 4 heteroatoms. The number of rotatable bonds is 6. The lowest BCUT2D eigenvalue weighted by molar-refractivity contribution is -0.125. The monoisotopic (exact) mass is 197 g/mol. The molecule has 0 rings (SSSR count). The molecule has 0 radical (unpaired) electrons. The van der Waals surface area contributed by atoms with Gasteiger partial charge in [0.15, 0.2) is 0 Å². The Labute approximate surface area is 85.7 Å². The van der Waals surface area contributed by atoms with E-state index in [2.05, 4.69) is 16.7 Å². The van der Waals surface area contributed by atoms with E-state index in [1.165, 1.54) is 0 Å². The maximum Gasteiger partial charge on any atom is 0.224 e. The average molecular weight is 197 g/mol. The second-order valence-electron chi connectivity index (χ2n) is 3.43. The Morgan fingerprint density at radius 3 is 2.64 bits per heavy atom. The zero-order valence-corrected chi connectivity index (χ0v) is 9.13. The molecule has 4 nitrogen and oxygen atoms in total. The highest BCUT2D eigenvalue weighted by molar-refractivity contribution is 5.78. The SMILES string of the molecule is CCC(CC#N)NC(=O)C(C)CNC. The number of nitrogens with zero attached hydrogens (tertiary/aromatic N) is 1. The minimum absolute atomic E-state index is 0.00759. The van der Waals surface area contributed by atoms with Crippen LogP contribution in [0.2, 0.25) is 0 Å². The summed E-state index contributed by atoms with van der Waals surface area (Å²) >= 11 is 0. The molecule has 0 aromatic rings. The predicted octanol–water partition coefficient (Wildman–Crippen LogP) is 0.650. The first-order valence-corrected chi connectivity index (χ1v) is 4.97. The van der Waals surface area contributed by atoms with E-state index >= 15 is 0 Å². The Kier molecular flexibility index (Phi) is 6.77. The molecule has 1 amide bonds. The topological polar surface area (TPSA) is 64.9 Å². The van der Waals surface area contributed by atoms with Crippen molar-refractivity contribution in [3.8, 4) is 6.07 Å². The van der Waals surface area contributed by atoms with E-state index in [0.29, 0.717) is 13.0 Å². The third-order valence-electron chi connectivity index (χ3n) is 2.13. The third-order valence-corrected chi connectivity index (χ3v) is 2.13. The summed E-state index contributed by atoms with van der Waals surface area (Å²) in [6, 6.07) is 2.06. The van der Waals surface area contributed by atoms with Crippen molar-refractivity contribution >= 4 is 5.91 Å². The molecule has 0 aliphatic carbocycles. The van der Waals surface area contributed by atoms with Gasteiger partial charge in [0.05, 0.1) is 12.5 Å². The van der Waals surface area contributed by atoms with Gasteiger partial charge >= 0.3 is 0 Å². The van der Waals surface area contributed by atoms with Crippen molar-refractivity contribution in [1.82, 2.24) is 10.6 Å². The molecular formula is C10H19N3O. The molecule has 2 N–H and O–H groups in total. The summed E-state index contributed by atoms with van der Waals surface area (Å²) in [5.74, 6) is -0.0332. The molecule has 0 saturated carbocycles. The zero-order chi connectivity index (χ0) is 11.0. The summed E-state index contributed by atoms with van der Waals surface area (Å²) in [5, 5.41) is 14.3. The Balaban J connectivity index is 3.96. The molecule has 0 aliphatic heterocycles. The summed E-state index contributed by atoms with van der Waals surface area (Å²) < 4.78 is 0. The number of carbonyl (C=O) groups is 1. The maximum atomic E-state index is 11.5. The Hall–Kier alpha value is -1.08. The standard InChI is InChI=1S/C10H19N3O/c1-4-9(5-6-11)13-10(14)8(2)7-12-3/h8-9,12H,4-5,7H2,1-3H3,(H,13,14). The number of hydrogen-bond donors (Lipinski definition) is 2. The van der Waals surface area contributed by atoms with E-state index in [1.54, 1.807) is 0 Å². The summed E-state index contributed by atoms with van der Waals surface area (Å²) in [4.78, 5) is 11.5. The summed E-state index contributed by atoms with van der Waals surface area (Å²) in [6.45, 7) is 4.49. The van der Waals surface area contributed by atoms with Gasteiger partial charge in [-0.05, 0) is 13.5 Å². The molecule has 0 aromatic heterocycles. The highest BCUT2D eigenvalue weighted by Crippen LogP contribution is 1.99. The molecule has 80 valence electrons. The first-order chi connectivity index (χ1) is 6.65. The summed E-state index contributed by atoms with van der Waals surface area (Å²) in [7, 11) is 1.82. The van der Waals surface area contributed by atoms with Crippen LogP contribution >= 0.6 is 0 Å². The van der Waals surface area contributed by atoms with Crippen molar-refractivity contribution in [2.45, 2.75) is 32.7 Å². The largest absolute Gasteiger partial charge is 0.352 e. The Morgan fingerprint density at radius 2 is 2.21 bits per heavy atom. The van der Waals surface area contributed by atoms with Gasteiger partial charge in [0.1, 0.15) is 0 Å². The minimum Gasteiger partial charge on any atom is -0.352 e. The normalized spacial score (nSPS) is 14.1. The highest BCUT2D eigenvalue weighted by Gasteiger charge is 2.15. The van der Waals surface area contributed by atoms with Crippen LogP contribution in [0.3, 0.4) is 0 Å². The zero-order valence-electron chi connectivity index (χ0n) is 9.13. The Bertz CT molecular complexity index is 210. The van der Waals surface area contributed by atoms with Gasteiger partial charge in [-0.15, -0.1) is 0 Å². The van der Waals surface area contributed by atoms with Crippen LogP contribution in [-0.4, -0.2) is 25.5 Å². The second-order valence-corrected chi connectivity index (χ2v) is 3.43. The fraction of sp³-hybridized carbons (Fsp3) is 0.800. The van der Waals surface area contributed by atoms with Gasteiger partial charge < -0.3 is 10.6 Å². The average Bonchev–Trinajstić information content (AvgIpc) is 2.17. The number of carbonyl (C=O) groups excluding carboxylic acids is 1. The molecule has 2 unspecified atom stereocenters. The molecule has 0 heterocycles. The molecule has 14 heavy (non-hydrogen) atoms. The van der Waals surface area contributed by atoms with E-state index in [1.807, 2.05) is 20.9 Å². The van der Waals surface area contributed by atoms with Gasteiger partial charge in [-0.2, -0.15) is 5.26 Å². The van der Waals surface area contributed by atoms with E-state index in [4.69, 9.17) is 5.26 Å². The lowest BCUT2D eigenvalue weighted by Gasteiger charge is -2.17. The van der Waals surface area contributed by atoms with Crippen molar-refractivity contribution in [1.29, 1.82) is 5.26 Å². The van der Waals surface area contributed by atoms with Crippen molar-refractivity contribution in [2.24, 2.45) is 5.92 Å². The van der Waals surface area contributed by atoms with Crippen LogP contribution in [0.1, 0.15) is 26.7 Å². The van der Waals surface area contributed by atoms with Crippen LogP contribution in [0.4, 0.5) is 0 Å². The summed E-state index contributed by atoms with van der Waals surface area (Å²) in [6.07, 6.45) is 1.18. The van der Waals surface area contributed by atoms with Crippen molar-refractivity contribution < 1.29 is 4.79 Å². The predicted molar refractivity (Wildman–Crippen MR) is 55.5 cm³/mol. The van der Waals surface area contributed by atoms with E-state index in [9.17, 15) is 4.79 Å². The van der Waals surface area contributed by atoms with Gasteiger partial charge in [-0.25, -0.2) is 0 Å². The van der Waals surface area contributed by atoms with Crippen LogP contribution in [0.15, 0.2) is 0 Å². The van der Waals surface area contributed by atoms with Crippen molar-refractivity contribution in [3.63, 3.8) is 0 Å². The van der Waals surface area contributed by atoms with Crippen LogP contribution in [0.5, 0.6) is 0 Å². The fourth-order valence-corrected chi connectivity index (χ4v) is 1.15. The smallest absolute Gasteiger partial charge is 0.224 e. The highest BCUT2D eigenvalue weighted by atomic mass is 16.1. The molecule has 0 bridgehead atoms. The lowest BCUT2D eigenvalue weighted by Crippen LogP contribution is -2.40. The fourth-order valence-electron chi connectivity index (χ4n) is 1.15. The van der Waals surface area contributed by atoms with Crippen LogP contribution in [-0.2, 0) is 4.79 Å². The molecule has 0 aromatic carbocycles. The molecule has 0 aliphatic rings. The van der Waals surface area contributed by atoms with Crippen molar-refractivity contribution in [3.05, 3.63) is 0 Å². The van der Waals surface area contributed by atoms with E-state index < -0.39 is 0 Å².